The molecule has 0 bridgehead atoms. The van der Waals surface area contributed by atoms with Gasteiger partial charge in [0.15, 0.2) is 17.3 Å². The van der Waals surface area contributed by atoms with Crippen molar-refractivity contribution >= 4 is 15.9 Å². The van der Waals surface area contributed by atoms with Gasteiger partial charge in [0.1, 0.15) is 0 Å². The number of hydrogen-bond acceptors (Lipinski definition) is 3. The van der Waals surface area contributed by atoms with Gasteiger partial charge >= 0.3 is 0 Å². The van der Waals surface area contributed by atoms with E-state index >= 15 is 0 Å². The van der Waals surface area contributed by atoms with E-state index in [0.717, 1.165) is 4.47 Å². The van der Waals surface area contributed by atoms with Crippen molar-refractivity contribution in [2.45, 2.75) is 20.0 Å². The van der Waals surface area contributed by atoms with Crippen LogP contribution in [0.5, 0.6) is 17.4 Å². The van der Waals surface area contributed by atoms with Crippen molar-refractivity contribution < 1.29 is 13.9 Å². The first-order valence-corrected chi connectivity index (χ1v) is 6.60. The van der Waals surface area contributed by atoms with Gasteiger partial charge in [0.25, 0.3) is 5.88 Å². The molecule has 0 saturated heterocycles. The summed E-state index contributed by atoms with van der Waals surface area (Å²) in [6.45, 7) is 3.80. The smallest absolute Gasteiger partial charge is 0.262 e. The minimum absolute atomic E-state index is 0.0149. The molecular weight excluding hydrogens is 313 g/mol. The van der Waals surface area contributed by atoms with E-state index in [-0.39, 0.29) is 17.7 Å². The zero-order chi connectivity index (χ0) is 13.8. The molecule has 5 heteroatoms. The number of aromatic nitrogens is 1. The Labute approximate surface area is 119 Å². The molecular formula is C14H13BrFNO2. The van der Waals surface area contributed by atoms with Crippen molar-refractivity contribution in [1.29, 1.82) is 0 Å². The van der Waals surface area contributed by atoms with Gasteiger partial charge in [-0.15, -0.1) is 0 Å². The molecule has 2 rings (SSSR count). The summed E-state index contributed by atoms with van der Waals surface area (Å²) >= 11 is 3.27. The highest BCUT2D eigenvalue weighted by molar-refractivity contribution is 9.10. The van der Waals surface area contributed by atoms with Crippen molar-refractivity contribution in [2.75, 3.05) is 0 Å². The minimum Gasteiger partial charge on any atom is -0.485 e. The van der Waals surface area contributed by atoms with E-state index in [1.807, 2.05) is 13.8 Å². The molecule has 19 heavy (non-hydrogen) atoms. The van der Waals surface area contributed by atoms with Gasteiger partial charge in [-0.2, -0.15) is 0 Å². The van der Waals surface area contributed by atoms with E-state index in [1.165, 1.54) is 6.07 Å². The second-order valence-corrected chi connectivity index (χ2v) is 5.07. The number of halogens is 2. The quantitative estimate of drug-likeness (QED) is 0.825. The molecule has 3 nitrogen and oxygen atoms in total. The summed E-state index contributed by atoms with van der Waals surface area (Å²) in [5.74, 6) is 0.371. The molecule has 0 fully saturated rings. The fraction of sp³-hybridized carbons (Fsp3) is 0.214. The van der Waals surface area contributed by atoms with Crippen LogP contribution >= 0.6 is 15.9 Å². The molecule has 0 N–H and O–H groups in total. The van der Waals surface area contributed by atoms with Crippen molar-refractivity contribution in [3.05, 3.63) is 46.8 Å². The molecule has 100 valence electrons. The van der Waals surface area contributed by atoms with E-state index in [0.29, 0.717) is 5.75 Å². The third-order valence-electron chi connectivity index (χ3n) is 2.20. The lowest BCUT2D eigenvalue weighted by Crippen LogP contribution is -2.07. The SMILES string of the molecule is CC(C)Oc1cccnc1Oc1cc(Br)ccc1F. The highest BCUT2D eigenvalue weighted by Gasteiger charge is 2.12. The van der Waals surface area contributed by atoms with Gasteiger partial charge in [0, 0.05) is 10.7 Å². The molecule has 2 aromatic rings. The van der Waals surface area contributed by atoms with Crippen LogP contribution in [0.2, 0.25) is 0 Å². The van der Waals surface area contributed by atoms with E-state index in [4.69, 9.17) is 9.47 Å². The summed E-state index contributed by atoms with van der Waals surface area (Å²) in [4.78, 5) is 4.07. The maximum atomic E-state index is 13.6. The first-order chi connectivity index (χ1) is 9.06. The fourth-order valence-electron chi connectivity index (χ4n) is 1.46. The zero-order valence-corrected chi connectivity index (χ0v) is 12.1. The number of rotatable bonds is 4. The van der Waals surface area contributed by atoms with Gasteiger partial charge in [-0.1, -0.05) is 15.9 Å². The van der Waals surface area contributed by atoms with Crippen molar-refractivity contribution in [1.82, 2.24) is 4.98 Å². The van der Waals surface area contributed by atoms with E-state index in [9.17, 15) is 4.39 Å². The van der Waals surface area contributed by atoms with Crippen LogP contribution in [0.15, 0.2) is 41.0 Å². The summed E-state index contributed by atoms with van der Waals surface area (Å²) in [7, 11) is 0. The van der Waals surface area contributed by atoms with Gasteiger partial charge in [-0.25, -0.2) is 9.37 Å². The Bertz CT molecular complexity index is 575. The minimum atomic E-state index is -0.454. The van der Waals surface area contributed by atoms with Crippen LogP contribution in [-0.4, -0.2) is 11.1 Å². The standard InChI is InChI=1S/C14H13BrFNO2/c1-9(2)18-12-4-3-7-17-14(12)19-13-8-10(15)5-6-11(13)16/h3-9H,1-2H3. The van der Waals surface area contributed by atoms with Crippen molar-refractivity contribution in [3.8, 4) is 17.4 Å². The molecule has 0 spiro atoms. The molecule has 0 aliphatic rings. The van der Waals surface area contributed by atoms with Gasteiger partial charge < -0.3 is 9.47 Å². The van der Waals surface area contributed by atoms with Gasteiger partial charge in [-0.05, 0) is 44.2 Å². The van der Waals surface area contributed by atoms with Crippen LogP contribution < -0.4 is 9.47 Å². The second-order valence-electron chi connectivity index (χ2n) is 4.15. The summed E-state index contributed by atoms with van der Waals surface area (Å²) < 4.78 is 25.4. The third-order valence-corrected chi connectivity index (χ3v) is 2.69. The lowest BCUT2D eigenvalue weighted by atomic mass is 10.3. The molecule has 0 saturated carbocycles. The van der Waals surface area contributed by atoms with Crippen LogP contribution in [0.25, 0.3) is 0 Å². The van der Waals surface area contributed by atoms with Gasteiger partial charge in [0.2, 0.25) is 0 Å². The maximum absolute atomic E-state index is 13.6. The molecule has 1 aromatic heterocycles. The first-order valence-electron chi connectivity index (χ1n) is 5.81. The summed E-state index contributed by atoms with van der Waals surface area (Å²) in [6.07, 6.45) is 1.55. The molecule has 0 atom stereocenters. The molecule has 0 radical (unpaired) electrons. The Hall–Kier alpha value is -1.62. The Kier molecular flexibility index (Phi) is 4.37. The average Bonchev–Trinajstić information content (AvgIpc) is 2.35. The summed E-state index contributed by atoms with van der Waals surface area (Å²) in [6, 6.07) is 7.95. The Morgan fingerprint density at radius 3 is 2.74 bits per heavy atom. The van der Waals surface area contributed by atoms with Crippen LogP contribution in [0.4, 0.5) is 4.39 Å². The van der Waals surface area contributed by atoms with Crippen LogP contribution in [-0.2, 0) is 0 Å². The maximum Gasteiger partial charge on any atom is 0.262 e. The molecule has 0 unspecified atom stereocenters. The Morgan fingerprint density at radius 1 is 1.21 bits per heavy atom. The van der Waals surface area contributed by atoms with Crippen LogP contribution in [0.1, 0.15) is 13.8 Å². The number of hydrogen-bond donors (Lipinski definition) is 0. The van der Waals surface area contributed by atoms with E-state index in [1.54, 1.807) is 30.5 Å². The third kappa shape index (κ3) is 3.67. The summed E-state index contributed by atoms with van der Waals surface area (Å²) in [5, 5.41) is 0. The van der Waals surface area contributed by atoms with Crippen molar-refractivity contribution in [3.63, 3.8) is 0 Å². The largest absolute Gasteiger partial charge is 0.485 e. The molecule has 0 amide bonds. The second kappa shape index (κ2) is 6.02. The number of pyridine rings is 1. The summed E-state index contributed by atoms with van der Waals surface area (Å²) in [5.41, 5.74) is 0. The number of benzene rings is 1. The fourth-order valence-corrected chi connectivity index (χ4v) is 1.80. The van der Waals surface area contributed by atoms with Gasteiger partial charge in [0.05, 0.1) is 6.10 Å². The van der Waals surface area contributed by atoms with Gasteiger partial charge in [-0.3, -0.25) is 0 Å². The predicted octanol–water partition coefficient (Wildman–Crippen LogP) is 4.56. The number of ether oxygens (including phenoxy) is 2. The monoisotopic (exact) mass is 325 g/mol. The number of nitrogens with zero attached hydrogens (tertiary/aromatic N) is 1. The molecule has 1 heterocycles. The Morgan fingerprint density at radius 2 is 2.00 bits per heavy atom. The average molecular weight is 326 g/mol. The Balaban J connectivity index is 2.30. The molecule has 0 aliphatic heterocycles. The predicted molar refractivity (Wildman–Crippen MR) is 74.2 cm³/mol. The van der Waals surface area contributed by atoms with Crippen LogP contribution in [0.3, 0.4) is 0 Å². The highest BCUT2D eigenvalue weighted by Crippen LogP contribution is 2.32. The molecule has 1 aromatic carbocycles. The molecule has 0 aliphatic carbocycles. The topological polar surface area (TPSA) is 31.4 Å². The normalized spacial score (nSPS) is 10.6. The lowest BCUT2D eigenvalue weighted by molar-refractivity contribution is 0.230. The van der Waals surface area contributed by atoms with E-state index < -0.39 is 5.82 Å². The first kappa shape index (κ1) is 13.8. The highest BCUT2D eigenvalue weighted by atomic mass is 79.9. The van der Waals surface area contributed by atoms with E-state index in [2.05, 4.69) is 20.9 Å². The van der Waals surface area contributed by atoms with Crippen LogP contribution in [0, 0.1) is 5.82 Å². The lowest BCUT2D eigenvalue weighted by Gasteiger charge is -2.13. The zero-order valence-electron chi connectivity index (χ0n) is 10.6. The van der Waals surface area contributed by atoms with Crippen molar-refractivity contribution in [2.24, 2.45) is 0 Å².